The Morgan fingerprint density at radius 1 is 1.29 bits per heavy atom. The average Bonchev–Trinajstić information content (AvgIpc) is 3.01. The summed E-state index contributed by atoms with van der Waals surface area (Å²) in [4.78, 5) is 3.64. The van der Waals surface area contributed by atoms with Gasteiger partial charge in [-0.25, -0.2) is 0 Å². The molecule has 1 aliphatic rings. The summed E-state index contributed by atoms with van der Waals surface area (Å²) in [6, 6.07) is 8.48. The number of thiophene rings is 1. The maximum absolute atomic E-state index is 6.15. The van der Waals surface area contributed by atoms with Gasteiger partial charge in [-0.1, -0.05) is 6.07 Å². The molecule has 1 atom stereocenters. The highest BCUT2D eigenvalue weighted by molar-refractivity contribution is 7.10. The maximum atomic E-state index is 6.15. The second kappa shape index (κ2) is 5.95. The van der Waals surface area contributed by atoms with E-state index in [1.807, 2.05) is 12.1 Å². The molecule has 2 aromatic rings. The van der Waals surface area contributed by atoms with Gasteiger partial charge < -0.3 is 15.2 Å². The lowest BCUT2D eigenvalue weighted by molar-refractivity contribution is 0.171. The van der Waals surface area contributed by atoms with Crippen molar-refractivity contribution in [3.8, 4) is 11.5 Å². The molecule has 0 aliphatic carbocycles. The van der Waals surface area contributed by atoms with E-state index in [0.29, 0.717) is 19.3 Å². The van der Waals surface area contributed by atoms with Gasteiger partial charge in [0.15, 0.2) is 11.5 Å². The zero-order valence-electron chi connectivity index (χ0n) is 12.3. The van der Waals surface area contributed by atoms with Gasteiger partial charge in [-0.3, -0.25) is 4.90 Å². The second-order valence-electron chi connectivity index (χ2n) is 5.30. The van der Waals surface area contributed by atoms with E-state index in [-0.39, 0.29) is 0 Å². The highest BCUT2D eigenvalue weighted by Crippen LogP contribution is 2.35. The first kappa shape index (κ1) is 14.2. The van der Waals surface area contributed by atoms with Crippen LogP contribution in [0.15, 0.2) is 29.6 Å². The molecule has 1 aromatic carbocycles. The fourth-order valence-corrected chi connectivity index (χ4v) is 3.28. The minimum atomic E-state index is 0.359. The lowest BCUT2D eigenvalue weighted by Crippen LogP contribution is -2.22. The van der Waals surface area contributed by atoms with Gasteiger partial charge >= 0.3 is 0 Å². The zero-order valence-corrected chi connectivity index (χ0v) is 13.2. The van der Waals surface area contributed by atoms with Crippen LogP contribution in [0, 0.1) is 0 Å². The van der Waals surface area contributed by atoms with E-state index < -0.39 is 0 Å². The Morgan fingerprint density at radius 3 is 2.67 bits per heavy atom. The number of anilines is 1. The molecule has 0 saturated carbocycles. The van der Waals surface area contributed by atoms with Crippen LogP contribution < -0.4 is 15.2 Å². The summed E-state index contributed by atoms with van der Waals surface area (Å²) in [6.07, 6.45) is 0. The molecule has 1 unspecified atom stereocenters. The average molecular weight is 304 g/mol. The third-order valence-electron chi connectivity index (χ3n) is 3.84. The van der Waals surface area contributed by atoms with Crippen molar-refractivity contribution in [2.24, 2.45) is 0 Å². The minimum Gasteiger partial charge on any atom is -0.486 e. The van der Waals surface area contributed by atoms with Gasteiger partial charge in [0, 0.05) is 29.2 Å². The van der Waals surface area contributed by atoms with E-state index in [1.54, 1.807) is 11.3 Å². The van der Waals surface area contributed by atoms with Crippen LogP contribution >= 0.6 is 11.3 Å². The second-order valence-corrected chi connectivity index (χ2v) is 6.28. The number of rotatable bonds is 4. The number of nitrogen functional groups attached to an aromatic ring is 1. The largest absolute Gasteiger partial charge is 0.486 e. The van der Waals surface area contributed by atoms with Gasteiger partial charge in [-0.05, 0) is 37.0 Å². The predicted octanol–water partition coefficient (Wildman–Crippen LogP) is 3.29. The number of nitrogens with zero attached hydrogens (tertiary/aromatic N) is 1. The van der Waals surface area contributed by atoms with Gasteiger partial charge in [0.05, 0.1) is 0 Å². The van der Waals surface area contributed by atoms with Crippen molar-refractivity contribution in [1.29, 1.82) is 0 Å². The monoisotopic (exact) mass is 304 g/mol. The first-order valence-electron chi connectivity index (χ1n) is 7.07. The van der Waals surface area contributed by atoms with Crippen molar-refractivity contribution in [3.05, 3.63) is 40.1 Å². The topological polar surface area (TPSA) is 47.7 Å². The van der Waals surface area contributed by atoms with Crippen LogP contribution in [0.2, 0.25) is 0 Å². The highest BCUT2D eigenvalue weighted by atomic mass is 32.1. The molecule has 2 N–H and O–H groups in total. The molecule has 4 nitrogen and oxygen atoms in total. The first-order chi connectivity index (χ1) is 10.1. The lowest BCUT2D eigenvalue weighted by atomic mass is 10.1. The number of hydrogen-bond donors (Lipinski definition) is 1. The van der Waals surface area contributed by atoms with Crippen molar-refractivity contribution in [2.75, 3.05) is 26.0 Å². The fraction of sp³-hybridized carbons (Fsp3) is 0.375. The number of hydrogen-bond acceptors (Lipinski definition) is 5. The molecular formula is C16H20N2O2S. The molecule has 2 heterocycles. The van der Waals surface area contributed by atoms with Gasteiger partial charge in [0.25, 0.3) is 0 Å². The Kier molecular flexibility index (Phi) is 4.03. The molecule has 0 saturated heterocycles. The van der Waals surface area contributed by atoms with Crippen molar-refractivity contribution in [1.82, 2.24) is 4.90 Å². The number of fused-ring (bicyclic) bond motifs is 1. The predicted molar refractivity (Wildman–Crippen MR) is 86.0 cm³/mol. The van der Waals surface area contributed by atoms with E-state index in [4.69, 9.17) is 15.2 Å². The summed E-state index contributed by atoms with van der Waals surface area (Å²) >= 11 is 1.78. The van der Waals surface area contributed by atoms with Crippen LogP contribution in [0.25, 0.3) is 0 Å². The molecule has 0 radical (unpaired) electrons. The van der Waals surface area contributed by atoms with E-state index in [9.17, 15) is 0 Å². The number of ether oxygens (including phenoxy) is 2. The molecule has 5 heteroatoms. The normalized spacial score (nSPS) is 15.2. The minimum absolute atomic E-state index is 0.359. The maximum Gasteiger partial charge on any atom is 0.163 e. The van der Waals surface area contributed by atoms with E-state index in [1.165, 1.54) is 4.88 Å². The summed E-state index contributed by atoms with van der Waals surface area (Å²) in [5.41, 5.74) is 7.98. The third-order valence-corrected chi connectivity index (χ3v) is 4.88. The van der Waals surface area contributed by atoms with Crippen LogP contribution in [-0.4, -0.2) is 25.2 Å². The molecule has 1 aliphatic heterocycles. The van der Waals surface area contributed by atoms with Crippen molar-refractivity contribution in [2.45, 2.75) is 19.5 Å². The molecule has 3 rings (SSSR count). The summed E-state index contributed by atoms with van der Waals surface area (Å²) in [5, 5.41) is 2.11. The smallest absolute Gasteiger partial charge is 0.163 e. The van der Waals surface area contributed by atoms with E-state index in [2.05, 4.69) is 36.4 Å². The van der Waals surface area contributed by atoms with Crippen molar-refractivity contribution in [3.63, 3.8) is 0 Å². The highest BCUT2D eigenvalue weighted by Gasteiger charge is 2.18. The molecule has 0 bridgehead atoms. The SMILES string of the molecule is CC(c1cccs1)N(C)Cc1cc2c(cc1N)OCCO2. The molecule has 1 aromatic heterocycles. The first-order valence-corrected chi connectivity index (χ1v) is 7.95. The zero-order chi connectivity index (χ0) is 14.8. The Labute approximate surface area is 129 Å². The van der Waals surface area contributed by atoms with Gasteiger partial charge in [-0.2, -0.15) is 0 Å². The molecular weight excluding hydrogens is 284 g/mol. The summed E-state index contributed by atoms with van der Waals surface area (Å²) in [5.74, 6) is 1.54. The Balaban J connectivity index is 1.78. The van der Waals surface area contributed by atoms with Crippen molar-refractivity contribution >= 4 is 17.0 Å². The quantitative estimate of drug-likeness (QED) is 0.881. The standard InChI is InChI=1S/C16H20N2O2S/c1-11(16-4-3-7-21-16)18(2)10-12-8-14-15(9-13(12)17)20-6-5-19-14/h3-4,7-9,11H,5-6,10,17H2,1-2H3. The molecule has 112 valence electrons. The molecule has 0 amide bonds. The van der Waals surface area contributed by atoms with Crippen LogP contribution in [0.3, 0.4) is 0 Å². The van der Waals surface area contributed by atoms with E-state index >= 15 is 0 Å². The van der Waals surface area contributed by atoms with Gasteiger partial charge in [0.2, 0.25) is 0 Å². The molecule has 0 fully saturated rings. The van der Waals surface area contributed by atoms with Crippen LogP contribution in [-0.2, 0) is 6.54 Å². The number of benzene rings is 1. The van der Waals surface area contributed by atoms with Crippen molar-refractivity contribution < 1.29 is 9.47 Å². The lowest BCUT2D eigenvalue weighted by Gasteiger charge is -2.26. The van der Waals surface area contributed by atoms with Crippen LogP contribution in [0.1, 0.15) is 23.4 Å². The molecule has 21 heavy (non-hydrogen) atoms. The Bertz CT molecular complexity index is 613. The summed E-state index contributed by atoms with van der Waals surface area (Å²) in [6.45, 7) is 4.17. The van der Waals surface area contributed by atoms with Crippen LogP contribution in [0.4, 0.5) is 5.69 Å². The van der Waals surface area contributed by atoms with E-state index in [0.717, 1.165) is 29.3 Å². The fourth-order valence-electron chi connectivity index (χ4n) is 2.44. The number of nitrogens with two attached hydrogens (primary N) is 1. The van der Waals surface area contributed by atoms with Gasteiger partial charge in [-0.15, -0.1) is 11.3 Å². The third kappa shape index (κ3) is 2.99. The summed E-state index contributed by atoms with van der Waals surface area (Å²) < 4.78 is 11.2. The molecule has 0 spiro atoms. The summed E-state index contributed by atoms with van der Waals surface area (Å²) in [7, 11) is 2.11. The Hall–Kier alpha value is -1.72. The van der Waals surface area contributed by atoms with Gasteiger partial charge in [0.1, 0.15) is 13.2 Å². The Morgan fingerprint density at radius 2 is 2.00 bits per heavy atom. The van der Waals surface area contributed by atoms with Crippen LogP contribution in [0.5, 0.6) is 11.5 Å².